The quantitative estimate of drug-likeness (QED) is 0.377. The number of alkyl halides is 3. The maximum atomic E-state index is 10.6. The van der Waals surface area contributed by atoms with Gasteiger partial charge >= 0.3 is 12.1 Å². The molecule has 4 aromatic rings. The highest BCUT2D eigenvalue weighted by molar-refractivity contribution is 5.85. The average molecular weight is 556 g/mol. The number of pyridine rings is 3. The fourth-order valence-corrected chi connectivity index (χ4v) is 4.16. The van der Waals surface area contributed by atoms with Crippen LogP contribution < -0.4 is 9.64 Å². The smallest absolute Gasteiger partial charge is 0.490 e. The van der Waals surface area contributed by atoms with E-state index in [0.29, 0.717) is 17.0 Å². The van der Waals surface area contributed by atoms with Crippen LogP contribution in [0, 0.1) is 11.3 Å². The third kappa shape index (κ3) is 6.56. The van der Waals surface area contributed by atoms with Crippen molar-refractivity contribution in [2.75, 3.05) is 38.2 Å². The van der Waals surface area contributed by atoms with Gasteiger partial charge in [-0.15, -0.1) is 0 Å². The fourth-order valence-electron chi connectivity index (χ4n) is 4.16. The standard InChI is InChI=1S/C24H23N7O2.C2HF3O2/c1-33-23-5-2-17(12-27-23)15-29-6-8-30(9-7-29)22-4-3-18(13-26-22)21-10-20(32)16-31-24(21)19(11-25)14-28-31;3-2(4,5)1(6)7/h2-5,10,12-14,16,32H,6-9,15H2,1H3;(H,6,7). The summed E-state index contributed by atoms with van der Waals surface area (Å²) in [6, 6.07) is 11.7. The number of carboxylic acid groups (broad SMARTS) is 1. The number of carboxylic acids is 1. The Labute approximate surface area is 226 Å². The van der Waals surface area contributed by atoms with E-state index in [0.717, 1.165) is 49.7 Å². The number of anilines is 1. The van der Waals surface area contributed by atoms with Gasteiger partial charge in [-0.2, -0.15) is 23.5 Å². The lowest BCUT2D eigenvalue weighted by Gasteiger charge is -2.35. The number of aromatic hydroxyl groups is 1. The van der Waals surface area contributed by atoms with Gasteiger partial charge in [0.15, 0.2) is 0 Å². The molecule has 0 aliphatic carbocycles. The molecule has 1 aliphatic rings. The number of aromatic nitrogens is 4. The molecular weight excluding hydrogens is 531 g/mol. The van der Waals surface area contributed by atoms with Gasteiger partial charge in [0, 0.05) is 62.3 Å². The topological polar surface area (TPSA) is 140 Å². The molecule has 14 heteroatoms. The lowest BCUT2D eigenvalue weighted by molar-refractivity contribution is -0.192. The highest BCUT2D eigenvalue weighted by Gasteiger charge is 2.38. The number of nitrogens with zero attached hydrogens (tertiary/aromatic N) is 7. The number of nitriles is 1. The minimum atomic E-state index is -5.08. The van der Waals surface area contributed by atoms with Gasteiger partial charge in [-0.1, -0.05) is 6.07 Å². The van der Waals surface area contributed by atoms with E-state index in [1.54, 1.807) is 19.4 Å². The Bertz CT molecular complexity index is 1510. The van der Waals surface area contributed by atoms with E-state index in [1.807, 2.05) is 24.4 Å². The van der Waals surface area contributed by atoms with Crippen molar-refractivity contribution in [3.05, 3.63) is 66.2 Å². The fraction of sp³-hybridized carbons (Fsp3) is 0.269. The van der Waals surface area contributed by atoms with Crippen molar-refractivity contribution in [2.45, 2.75) is 12.7 Å². The van der Waals surface area contributed by atoms with E-state index in [1.165, 1.54) is 22.5 Å². The highest BCUT2D eigenvalue weighted by Crippen LogP contribution is 2.31. The van der Waals surface area contributed by atoms with E-state index in [-0.39, 0.29) is 5.75 Å². The minimum absolute atomic E-state index is 0.0809. The number of ether oxygens (including phenoxy) is 1. The SMILES string of the molecule is COc1ccc(CN2CCN(c3ccc(-c4cc(O)cn5ncc(C#N)c45)cn3)CC2)cn1.O=C(O)C(F)(F)F. The first-order valence-electron chi connectivity index (χ1n) is 11.9. The summed E-state index contributed by atoms with van der Waals surface area (Å²) in [5.41, 5.74) is 3.83. The summed E-state index contributed by atoms with van der Waals surface area (Å²) in [5, 5.41) is 30.8. The molecule has 0 amide bonds. The van der Waals surface area contributed by atoms with Crippen LogP contribution in [-0.2, 0) is 11.3 Å². The monoisotopic (exact) mass is 555 g/mol. The van der Waals surface area contributed by atoms with Crippen LogP contribution in [0.4, 0.5) is 19.0 Å². The van der Waals surface area contributed by atoms with Gasteiger partial charge in [-0.25, -0.2) is 19.3 Å². The zero-order valence-electron chi connectivity index (χ0n) is 21.2. The van der Waals surface area contributed by atoms with Crippen LogP contribution in [0.25, 0.3) is 16.6 Å². The second-order valence-electron chi connectivity index (χ2n) is 8.76. The summed E-state index contributed by atoms with van der Waals surface area (Å²) in [6.07, 6.45) is 1.56. The third-order valence-electron chi connectivity index (χ3n) is 6.13. The molecule has 0 radical (unpaired) electrons. The minimum Gasteiger partial charge on any atom is -0.506 e. The number of carbonyl (C=O) groups is 1. The third-order valence-corrected chi connectivity index (χ3v) is 6.13. The Hall–Kier alpha value is -4.90. The molecule has 5 rings (SSSR count). The Morgan fingerprint density at radius 3 is 2.38 bits per heavy atom. The summed E-state index contributed by atoms with van der Waals surface area (Å²) in [6.45, 7) is 4.49. The average Bonchev–Trinajstić information content (AvgIpc) is 3.36. The zero-order valence-corrected chi connectivity index (χ0v) is 21.2. The van der Waals surface area contributed by atoms with Crippen LogP contribution in [0.15, 0.2) is 55.1 Å². The first kappa shape index (κ1) is 28.1. The van der Waals surface area contributed by atoms with Crippen molar-refractivity contribution >= 4 is 17.3 Å². The van der Waals surface area contributed by atoms with E-state index in [9.17, 15) is 23.5 Å². The lowest BCUT2D eigenvalue weighted by Crippen LogP contribution is -2.46. The molecule has 40 heavy (non-hydrogen) atoms. The van der Waals surface area contributed by atoms with Gasteiger partial charge in [0.05, 0.1) is 30.6 Å². The number of piperazine rings is 1. The molecule has 0 spiro atoms. The van der Waals surface area contributed by atoms with E-state index >= 15 is 0 Å². The van der Waals surface area contributed by atoms with E-state index < -0.39 is 12.1 Å². The molecule has 1 aliphatic heterocycles. The Balaban J connectivity index is 0.000000470. The van der Waals surface area contributed by atoms with Crippen LogP contribution in [0.1, 0.15) is 11.1 Å². The van der Waals surface area contributed by atoms with Gasteiger partial charge in [-0.05, 0) is 23.8 Å². The molecule has 11 nitrogen and oxygen atoms in total. The molecule has 0 saturated carbocycles. The van der Waals surface area contributed by atoms with Gasteiger partial charge in [0.1, 0.15) is 17.6 Å². The maximum Gasteiger partial charge on any atom is 0.490 e. The number of aliphatic carboxylic acids is 1. The highest BCUT2D eigenvalue weighted by atomic mass is 19.4. The van der Waals surface area contributed by atoms with Crippen molar-refractivity contribution < 1.29 is 32.9 Å². The number of methoxy groups -OCH3 is 1. The molecule has 0 bridgehead atoms. The Morgan fingerprint density at radius 2 is 1.82 bits per heavy atom. The van der Waals surface area contributed by atoms with Gasteiger partial charge in [0.2, 0.25) is 5.88 Å². The molecule has 0 atom stereocenters. The Kier molecular flexibility index (Phi) is 8.34. The summed E-state index contributed by atoms with van der Waals surface area (Å²) >= 11 is 0. The van der Waals surface area contributed by atoms with Crippen LogP contribution in [0.2, 0.25) is 0 Å². The number of hydrogen-bond donors (Lipinski definition) is 2. The predicted molar refractivity (Wildman–Crippen MR) is 137 cm³/mol. The maximum absolute atomic E-state index is 10.6. The van der Waals surface area contributed by atoms with Gasteiger partial charge in [0.25, 0.3) is 0 Å². The summed E-state index contributed by atoms with van der Waals surface area (Å²) < 4.78 is 38.4. The molecule has 1 fully saturated rings. The largest absolute Gasteiger partial charge is 0.506 e. The number of rotatable bonds is 5. The second-order valence-corrected chi connectivity index (χ2v) is 8.76. The first-order valence-corrected chi connectivity index (χ1v) is 11.9. The molecule has 0 aromatic carbocycles. The first-order chi connectivity index (χ1) is 19.1. The van der Waals surface area contributed by atoms with Crippen molar-refractivity contribution in [1.82, 2.24) is 24.5 Å². The van der Waals surface area contributed by atoms with Crippen molar-refractivity contribution in [1.29, 1.82) is 5.26 Å². The van der Waals surface area contributed by atoms with Crippen LogP contribution >= 0.6 is 0 Å². The van der Waals surface area contributed by atoms with Crippen LogP contribution in [0.3, 0.4) is 0 Å². The summed E-state index contributed by atoms with van der Waals surface area (Å²) in [4.78, 5) is 22.5. The molecule has 2 N–H and O–H groups in total. The molecule has 4 aromatic heterocycles. The van der Waals surface area contributed by atoms with E-state index in [4.69, 9.17) is 14.6 Å². The number of halogens is 3. The molecule has 5 heterocycles. The second kappa shape index (κ2) is 11.9. The zero-order chi connectivity index (χ0) is 28.9. The van der Waals surface area contributed by atoms with Crippen molar-refractivity contribution in [2.24, 2.45) is 0 Å². The molecular formula is C26H24F3N7O4. The number of fused-ring (bicyclic) bond motifs is 1. The van der Waals surface area contributed by atoms with Gasteiger partial charge < -0.3 is 19.8 Å². The molecule has 208 valence electrons. The van der Waals surface area contributed by atoms with Gasteiger partial charge in [-0.3, -0.25) is 4.90 Å². The van der Waals surface area contributed by atoms with Crippen LogP contribution in [-0.4, -0.2) is 80.1 Å². The normalized spacial score (nSPS) is 13.8. The molecule has 0 unspecified atom stereocenters. The Morgan fingerprint density at radius 1 is 1.10 bits per heavy atom. The van der Waals surface area contributed by atoms with Crippen molar-refractivity contribution in [3.8, 4) is 28.8 Å². The number of hydrogen-bond acceptors (Lipinski definition) is 9. The van der Waals surface area contributed by atoms with Crippen LogP contribution in [0.5, 0.6) is 11.6 Å². The predicted octanol–water partition coefficient (Wildman–Crippen LogP) is 3.33. The molecule has 1 saturated heterocycles. The summed E-state index contributed by atoms with van der Waals surface area (Å²) in [7, 11) is 1.62. The summed E-state index contributed by atoms with van der Waals surface area (Å²) in [5.74, 6) is -1.14. The van der Waals surface area contributed by atoms with E-state index in [2.05, 4.69) is 37.0 Å². The lowest BCUT2D eigenvalue weighted by atomic mass is 10.1. The van der Waals surface area contributed by atoms with Crippen molar-refractivity contribution in [3.63, 3.8) is 0 Å².